The highest BCUT2D eigenvalue weighted by molar-refractivity contribution is 7.90. The molecule has 0 saturated carbocycles. The van der Waals surface area contributed by atoms with Gasteiger partial charge in [0.25, 0.3) is 15.9 Å². The summed E-state index contributed by atoms with van der Waals surface area (Å²) in [7, 11) is -3.97. The van der Waals surface area contributed by atoms with Gasteiger partial charge >= 0.3 is 0 Å². The van der Waals surface area contributed by atoms with Crippen molar-refractivity contribution in [3.8, 4) is 0 Å². The van der Waals surface area contributed by atoms with Crippen LogP contribution in [0.1, 0.15) is 54.1 Å². The van der Waals surface area contributed by atoms with Gasteiger partial charge < -0.3 is 10.2 Å². The predicted molar refractivity (Wildman–Crippen MR) is 158 cm³/mol. The van der Waals surface area contributed by atoms with Crippen molar-refractivity contribution in [3.05, 3.63) is 101 Å². The lowest BCUT2D eigenvalue weighted by atomic mass is 10.0. The first-order valence-corrected chi connectivity index (χ1v) is 15.6. The summed E-state index contributed by atoms with van der Waals surface area (Å²) in [6.07, 6.45) is 2.11. The molecule has 1 aliphatic heterocycles. The molecule has 0 bridgehead atoms. The van der Waals surface area contributed by atoms with E-state index < -0.39 is 22.0 Å². The minimum atomic E-state index is -3.97. The Kier molecular flexibility index (Phi) is 10.2. The number of fused-ring (bicyclic) bond motifs is 1. The zero-order valence-corrected chi connectivity index (χ0v) is 24.5. The van der Waals surface area contributed by atoms with E-state index in [0.29, 0.717) is 18.0 Å². The summed E-state index contributed by atoms with van der Waals surface area (Å²) in [5, 5.41) is 3.53. The third kappa shape index (κ3) is 7.34. The molecule has 216 valence electrons. The first kappa shape index (κ1) is 30.3. The number of carbonyl (C=O) groups excluding carboxylic acids is 3. The lowest BCUT2D eigenvalue weighted by molar-refractivity contribution is -0.141. The van der Waals surface area contributed by atoms with Crippen LogP contribution in [0.15, 0.2) is 83.8 Å². The van der Waals surface area contributed by atoms with Gasteiger partial charge in [0.1, 0.15) is 10.9 Å². The maximum absolute atomic E-state index is 13.8. The smallest absolute Gasteiger partial charge is 0.269 e. The Bertz CT molecular complexity index is 1480. The number of carbonyl (C=O) groups is 3. The van der Waals surface area contributed by atoms with Gasteiger partial charge in [-0.1, -0.05) is 79.5 Å². The molecular weight excluding hydrogens is 562 g/mol. The van der Waals surface area contributed by atoms with Gasteiger partial charge in [-0.25, -0.2) is 12.7 Å². The number of hydrogen-bond acceptors (Lipinski definition) is 5. The van der Waals surface area contributed by atoms with E-state index in [0.717, 1.165) is 28.3 Å². The summed E-state index contributed by atoms with van der Waals surface area (Å²) < 4.78 is 26.7. The van der Waals surface area contributed by atoms with Crippen molar-refractivity contribution >= 4 is 39.3 Å². The number of benzene rings is 3. The number of sulfonamides is 1. The normalized spacial score (nSPS) is 14.4. The van der Waals surface area contributed by atoms with Crippen LogP contribution in [0, 0.1) is 0 Å². The Hall–Kier alpha value is -3.69. The van der Waals surface area contributed by atoms with Gasteiger partial charge in [0.05, 0.1) is 5.56 Å². The maximum Gasteiger partial charge on any atom is 0.269 e. The van der Waals surface area contributed by atoms with Crippen molar-refractivity contribution in [1.29, 1.82) is 0 Å². The van der Waals surface area contributed by atoms with Crippen LogP contribution in [0.3, 0.4) is 0 Å². The summed E-state index contributed by atoms with van der Waals surface area (Å²) in [4.78, 5) is 41.6. The van der Waals surface area contributed by atoms with Crippen LogP contribution in [-0.2, 0) is 32.6 Å². The van der Waals surface area contributed by atoms with Crippen LogP contribution in [0.25, 0.3) is 0 Å². The SMILES string of the molecule is CCCCNC(=O)[C@H](Cc1ccccc1)N(Cc1ccc(Cl)cc1)C(=O)CCCN1C(=O)c2ccccc2S1(=O)=O. The van der Waals surface area contributed by atoms with Crippen molar-refractivity contribution < 1.29 is 22.8 Å². The van der Waals surface area contributed by atoms with Crippen LogP contribution in [0.5, 0.6) is 0 Å². The van der Waals surface area contributed by atoms with Gasteiger partial charge in [0, 0.05) is 37.5 Å². The summed E-state index contributed by atoms with van der Waals surface area (Å²) in [6, 6.07) is 21.9. The average Bonchev–Trinajstić information content (AvgIpc) is 3.17. The van der Waals surface area contributed by atoms with Crippen LogP contribution in [0.2, 0.25) is 5.02 Å². The molecule has 0 aliphatic carbocycles. The summed E-state index contributed by atoms with van der Waals surface area (Å²) in [5.74, 6) is -1.16. The number of halogens is 1. The van der Waals surface area contributed by atoms with Gasteiger partial charge in [-0.3, -0.25) is 14.4 Å². The van der Waals surface area contributed by atoms with Gasteiger partial charge in [0.15, 0.2) is 0 Å². The van der Waals surface area contributed by atoms with Crippen molar-refractivity contribution in [2.24, 2.45) is 0 Å². The fourth-order valence-electron chi connectivity index (χ4n) is 4.82. The van der Waals surface area contributed by atoms with Gasteiger partial charge in [-0.05, 0) is 48.2 Å². The molecular formula is C31H34ClN3O5S. The highest BCUT2D eigenvalue weighted by atomic mass is 35.5. The van der Waals surface area contributed by atoms with Crippen LogP contribution < -0.4 is 5.32 Å². The number of rotatable bonds is 13. The second kappa shape index (κ2) is 13.8. The van der Waals surface area contributed by atoms with Crippen LogP contribution in [-0.4, -0.2) is 54.5 Å². The van der Waals surface area contributed by atoms with E-state index in [1.54, 1.807) is 29.2 Å². The molecule has 0 aromatic heterocycles. The minimum absolute atomic E-state index is 0.0210. The molecule has 8 nitrogen and oxygen atoms in total. The molecule has 0 spiro atoms. The van der Waals surface area contributed by atoms with E-state index in [2.05, 4.69) is 5.32 Å². The molecule has 1 N–H and O–H groups in total. The fraction of sp³-hybridized carbons (Fsp3) is 0.323. The highest BCUT2D eigenvalue weighted by Gasteiger charge is 2.40. The third-order valence-corrected chi connectivity index (χ3v) is 9.12. The molecule has 41 heavy (non-hydrogen) atoms. The van der Waals surface area contributed by atoms with E-state index in [-0.39, 0.29) is 48.2 Å². The van der Waals surface area contributed by atoms with E-state index >= 15 is 0 Å². The Morgan fingerprint density at radius 1 is 0.927 bits per heavy atom. The maximum atomic E-state index is 13.8. The molecule has 1 aliphatic rings. The largest absolute Gasteiger partial charge is 0.354 e. The Labute approximate surface area is 246 Å². The number of unbranched alkanes of at least 4 members (excludes halogenated alkanes) is 1. The van der Waals surface area contributed by atoms with E-state index in [9.17, 15) is 22.8 Å². The summed E-state index contributed by atoms with van der Waals surface area (Å²) in [5.41, 5.74) is 1.84. The fourth-order valence-corrected chi connectivity index (χ4v) is 6.55. The van der Waals surface area contributed by atoms with Crippen molar-refractivity contribution in [2.75, 3.05) is 13.1 Å². The molecule has 3 amide bonds. The Morgan fingerprint density at radius 3 is 2.29 bits per heavy atom. The molecule has 3 aromatic carbocycles. The first-order chi connectivity index (χ1) is 19.7. The molecule has 1 heterocycles. The average molecular weight is 596 g/mol. The molecule has 0 unspecified atom stereocenters. The molecule has 3 aromatic rings. The van der Waals surface area contributed by atoms with Crippen molar-refractivity contribution in [3.63, 3.8) is 0 Å². The van der Waals surface area contributed by atoms with E-state index in [1.165, 1.54) is 12.1 Å². The zero-order valence-electron chi connectivity index (χ0n) is 23.0. The second-order valence-electron chi connectivity index (χ2n) is 9.98. The molecule has 10 heteroatoms. The molecule has 1 atom stereocenters. The highest BCUT2D eigenvalue weighted by Crippen LogP contribution is 2.30. The first-order valence-electron chi connectivity index (χ1n) is 13.7. The summed E-state index contributed by atoms with van der Waals surface area (Å²) in [6.45, 7) is 2.57. The van der Waals surface area contributed by atoms with E-state index in [1.807, 2.05) is 49.4 Å². The quantitative estimate of drug-likeness (QED) is 0.285. The molecule has 0 fully saturated rings. The minimum Gasteiger partial charge on any atom is -0.354 e. The molecule has 4 rings (SSSR count). The Balaban J connectivity index is 1.55. The number of amides is 3. The number of nitrogens with zero attached hydrogens (tertiary/aromatic N) is 2. The monoisotopic (exact) mass is 595 g/mol. The zero-order chi connectivity index (χ0) is 29.4. The third-order valence-electron chi connectivity index (χ3n) is 7.03. The molecule has 0 saturated heterocycles. The lowest BCUT2D eigenvalue weighted by Crippen LogP contribution is -2.50. The summed E-state index contributed by atoms with van der Waals surface area (Å²) >= 11 is 6.08. The van der Waals surface area contributed by atoms with Gasteiger partial charge in [-0.2, -0.15) is 0 Å². The van der Waals surface area contributed by atoms with Crippen molar-refractivity contribution in [2.45, 2.75) is 56.5 Å². The van der Waals surface area contributed by atoms with Crippen LogP contribution in [0.4, 0.5) is 0 Å². The van der Waals surface area contributed by atoms with Gasteiger partial charge in [-0.15, -0.1) is 0 Å². The number of hydrogen-bond donors (Lipinski definition) is 1. The topological polar surface area (TPSA) is 104 Å². The second-order valence-corrected chi connectivity index (χ2v) is 12.2. The number of nitrogens with one attached hydrogen (secondary N) is 1. The van der Waals surface area contributed by atoms with E-state index in [4.69, 9.17) is 11.6 Å². The standard InChI is InChI=1S/C31H34ClN3O5S/c1-2-3-19-33-30(37)27(21-23-10-5-4-6-11-23)34(22-24-15-17-25(32)18-16-24)29(36)14-9-20-35-31(38)26-12-7-8-13-28(26)41(35,39)40/h4-8,10-13,15-18,27H,2-3,9,14,19-22H2,1H3,(H,33,37)/t27-/m0/s1. The lowest BCUT2D eigenvalue weighted by Gasteiger charge is -2.32. The van der Waals surface area contributed by atoms with Crippen molar-refractivity contribution in [1.82, 2.24) is 14.5 Å². The Morgan fingerprint density at radius 2 is 1.61 bits per heavy atom. The van der Waals surface area contributed by atoms with Crippen LogP contribution >= 0.6 is 11.6 Å². The molecule has 0 radical (unpaired) electrons. The van der Waals surface area contributed by atoms with Gasteiger partial charge in [0.2, 0.25) is 11.8 Å². The predicted octanol–water partition coefficient (Wildman–Crippen LogP) is 4.82.